The van der Waals surface area contributed by atoms with Crippen LogP contribution < -0.4 is 15.4 Å². The predicted molar refractivity (Wildman–Crippen MR) is 211 cm³/mol. The fourth-order valence-corrected chi connectivity index (χ4v) is 11.1. The van der Waals surface area contributed by atoms with Gasteiger partial charge in [0.25, 0.3) is 5.56 Å². The van der Waals surface area contributed by atoms with E-state index in [1.807, 2.05) is 17.0 Å². The van der Waals surface area contributed by atoms with E-state index in [0.29, 0.717) is 58.9 Å². The van der Waals surface area contributed by atoms with Crippen LogP contribution in [-0.2, 0) is 19.7 Å². The summed E-state index contributed by atoms with van der Waals surface area (Å²) in [5.74, 6) is -1.15. The largest absolute Gasteiger partial charge is 0.371 e. The average molecular weight is 782 g/mol. The molecule has 2 amide bonds. The Labute approximate surface area is 329 Å². The van der Waals surface area contributed by atoms with Crippen molar-refractivity contribution in [3.63, 3.8) is 0 Å². The molecule has 2 spiro atoms. The van der Waals surface area contributed by atoms with Gasteiger partial charge in [-0.25, -0.2) is 13.7 Å². The van der Waals surface area contributed by atoms with Crippen LogP contribution in [0.5, 0.6) is 0 Å². The van der Waals surface area contributed by atoms with Gasteiger partial charge in [0.2, 0.25) is 11.8 Å². The number of imide groups is 1. The molecule has 56 heavy (non-hydrogen) atoms. The van der Waals surface area contributed by atoms with Crippen molar-refractivity contribution < 1.29 is 23.1 Å². The number of amides is 2. The molecule has 1 aromatic heterocycles. The molecule has 0 bridgehead atoms. The maximum Gasteiger partial charge on any atom is 0.282 e. The number of fused-ring (bicyclic) bond motifs is 7. The second-order valence-corrected chi connectivity index (χ2v) is 17.6. The summed E-state index contributed by atoms with van der Waals surface area (Å²) in [6.45, 7) is 4.82. The van der Waals surface area contributed by atoms with E-state index in [2.05, 4.69) is 27.7 Å². The lowest BCUT2D eigenvalue weighted by atomic mass is 9.69. The molecular formula is C44H46ClF2N5O4. The van der Waals surface area contributed by atoms with Gasteiger partial charge < -0.3 is 14.5 Å². The SMILES string of the molecule is O=C1CCCC(=O)N1c1c(F)cc(N2CC3(CCC(CN4CCC(c5ccc6c(c5)C5(CCCCC5)c5nc(=O)c7c(Cl)cccc7n5-6)CC4)CO3)C2)cc1F. The molecule has 3 aromatic carbocycles. The highest BCUT2D eigenvalue weighted by molar-refractivity contribution is 6.35. The van der Waals surface area contributed by atoms with Crippen LogP contribution in [0.3, 0.4) is 0 Å². The van der Waals surface area contributed by atoms with Crippen LogP contribution in [0.4, 0.5) is 20.2 Å². The predicted octanol–water partition coefficient (Wildman–Crippen LogP) is 7.79. The monoisotopic (exact) mass is 781 g/mol. The number of ether oxygens (including phenoxy) is 1. The zero-order chi connectivity index (χ0) is 38.3. The van der Waals surface area contributed by atoms with Crippen molar-refractivity contribution in [2.45, 2.75) is 94.0 Å². The lowest BCUT2D eigenvalue weighted by Gasteiger charge is -2.54. The Balaban J connectivity index is 0.767. The van der Waals surface area contributed by atoms with Crippen molar-refractivity contribution in [3.8, 4) is 5.69 Å². The number of aromatic nitrogens is 2. The lowest BCUT2D eigenvalue weighted by molar-refractivity contribution is -0.129. The summed E-state index contributed by atoms with van der Waals surface area (Å²) in [6, 6.07) is 15.1. The van der Waals surface area contributed by atoms with Gasteiger partial charge in [0.1, 0.15) is 17.1 Å². The molecule has 4 saturated heterocycles. The van der Waals surface area contributed by atoms with E-state index in [-0.39, 0.29) is 29.4 Å². The van der Waals surface area contributed by atoms with E-state index in [4.69, 9.17) is 21.3 Å². The standard InChI is InChI=1S/C44H46ClF2N5O4/c45-32-6-4-7-36-39(32)41(55)48-42-44(15-2-1-3-16-44)31-20-29(10-11-35(31)51(36)42)28-13-18-49(19-14-28)23-27-12-17-43(56-24-27)25-50(26-43)30-21-33(46)40(34(47)22-30)52-37(53)8-5-9-38(52)54/h4,6-7,10-11,20-22,27-28H,1-3,5,8-9,12-19,23-26H2. The van der Waals surface area contributed by atoms with Crippen LogP contribution >= 0.6 is 11.6 Å². The van der Waals surface area contributed by atoms with Crippen molar-refractivity contribution in [2.75, 3.05) is 49.1 Å². The van der Waals surface area contributed by atoms with Crippen LogP contribution in [0, 0.1) is 17.6 Å². The smallest absolute Gasteiger partial charge is 0.282 e. The Kier molecular flexibility index (Phi) is 8.87. The number of carbonyl (C=O) groups is 2. The van der Waals surface area contributed by atoms with Gasteiger partial charge >= 0.3 is 0 Å². The van der Waals surface area contributed by atoms with E-state index >= 15 is 8.78 Å². The van der Waals surface area contributed by atoms with Gasteiger partial charge in [0.05, 0.1) is 33.6 Å². The van der Waals surface area contributed by atoms with Gasteiger partial charge in [0, 0.05) is 38.2 Å². The van der Waals surface area contributed by atoms with Crippen molar-refractivity contribution >= 4 is 45.7 Å². The average Bonchev–Trinajstić information content (AvgIpc) is 3.43. The molecule has 292 valence electrons. The molecular weight excluding hydrogens is 736 g/mol. The molecule has 6 aliphatic rings. The molecule has 1 aliphatic carbocycles. The minimum atomic E-state index is -0.900. The van der Waals surface area contributed by atoms with Crippen molar-refractivity contribution in [1.82, 2.24) is 14.5 Å². The molecule has 1 unspecified atom stereocenters. The number of nitrogens with zero attached hydrogens (tertiary/aromatic N) is 5. The summed E-state index contributed by atoms with van der Waals surface area (Å²) in [4.78, 5) is 47.9. The number of rotatable bonds is 5. The summed E-state index contributed by atoms with van der Waals surface area (Å²) >= 11 is 6.55. The summed E-state index contributed by atoms with van der Waals surface area (Å²) in [5.41, 5.74) is 3.69. The Bertz CT molecular complexity index is 2280. The fourth-order valence-electron chi connectivity index (χ4n) is 10.9. The number of piperidine rings is 2. The molecule has 5 fully saturated rings. The number of benzene rings is 3. The second-order valence-electron chi connectivity index (χ2n) is 17.2. The van der Waals surface area contributed by atoms with Gasteiger partial charge in [-0.3, -0.25) is 19.0 Å². The first kappa shape index (κ1) is 36.2. The minimum absolute atomic E-state index is 0.0995. The highest BCUT2D eigenvalue weighted by Crippen LogP contribution is 2.52. The van der Waals surface area contributed by atoms with E-state index in [1.165, 1.54) is 29.7 Å². The van der Waals surface area contributed by atoms with Gasteiger partial charge in [-0.1, -0.05) is 49.1 Å². The molecule has 6 heterocycles. The summed E-state index contributed by atoms with van der Waals surface area (Å²) in [7, 11) is 0. The third-order valence-electron chi connectivity index (χ3n) is 13.8. The summed E-state index contributed by atoms with van der Waals surface area (Å²) in [5, 5.41) is 0.936. The van der Waals surface area contributed by atoms with E-state index in [0.717, 1.165) is 88.0 Å². The van der Waals surface area contributed by atoms with Crippen LogP contribution in [0.25, 0.3) is 16.6 Å². The molecule has 1 saturated carbocycles. The molecule has 0 radical (unpaired) electrons. The molecule has 1 atom stereocenters. The van der Waals surface area contributed by atoms with Crippen LogP contribution in [-0.4, -0.2) is 71.2 Å². The first-order valence-electron chi connectivity index (χ1n) is 20.5. The first-order valence-corrected chi connectivity index (χ1v) is 20.8. The first-order chi connectivity index (χ1) is 27.1. The Morgan fingerprint density at radius 3 is 2.29 bits per heavy atom. The lowest BCUT2D eigenvalue weighted by Crippen LogP contribution is -2.65. The van der Waals surface area contributed by atoms with E-state index in [1.54, 1.807) is 6.07 Å². The summed E-state index contributed by atoms with van der Waals surface area (Å²) < 4.78 is 39.1. The van der Waals surface area contributed by atoms with Crippen LogP contribution in [0.1, 0.15) is 99.9 Å². The third-order valence-corrected chi connectivity index (χ3v) is 14.1. The number of anilines is 2. The normalized spacial score (nSPS) is 23.5. The summed E-state index contributed by atoms with van der Waals surface area (Å²) in [6.07, 6.45) is 10.2. The number of hydrogen-bond acceptors (Lipinski definition) is 7. The number of halogens is 3. The quantitative estimate of drug-likeness (QED) is 0.191. The van der Waals surface area contributed by atoms with Crippen molar-refractivity contribution in [1.29, 1.82) is 0 Å². The van der Waals surface area contributed by atoms with Crippen LogP contribution in [0.15, 0.2) is 53.3 Å². The Morgan fingerprint density at radius 2 is 1.59 bits per heavy atom. The Morgan fingerprint density at radius 1 is 0.857 bits per heavy atom. The maximum atomic E-state index is 15.2. The van der Waals surface area contributed by atoms with Gasteiger partial charge in [-0.05, 0) is 111 Å². The highest BCUT2D eigenvalue weighted by atomic mass is 35.5. The molecule has 10 rings (SSSR count). The van der Waals surface area contributed by atoms with Gasteiger partial charge in [-0.15, -0.1) is 0 Å². The molecule has 0 N–H and O–H groups in total. The minimum Gasteiger partial charge on any atom is -0.371 e. The van der Waals surface area contributed by atoms with Gasteiger partial charge in [0.15, 0.2) is 11.6 Å². The highest BCUT2D eigenvalue weighted by Gasteiger charge is 2.49. The van der Waals surface area contributed by atoms with Crippen molar-refractivity contribution in [2.24, 2.45) is 5.92 Å². The number of hydrogen-bond donors (Lipinski definition) is 0. The maximum absolute atomic E-state index is 15.2. The topological polar surface area (TPSA) is 88.0 Å². The fraction of sp³-hybridized carbons (Fsp3) is 0.500. The van der Waals surface area contributed by atoms with Gasteiger partial charge in [-0.2, -0.15) is 4.98 Å². The Hall–Kier alpha value is -4.19. The van der Waals surface area contributed by atoms with Crippen LogP contribution in [0.2, 0.25) is 5.02 Å². The molecule has 12 heteroatoms. The number of likely N-dealkylation sites (tertiary alicyclic amines) is 1. The molecule has 5 aliphatic heterocycles. The molecule has 4 aromatic rings. The zero-order valence-corrected chi connectivity index (χ0v) is 32.3. The van der Waals surface area contributed by atoms with E-state index < -0.39 is 29.1 Å². The second kappa shape index (κ2) is 13.7. The third kappa shape index (κ3) is 5.82. The van der Waals surface area contributed by atoms with Crippen molar-refractivity contribution in [3.05, 3.63) is 92.5 Å². The number of carbonyl (C=O) groups excluding carboxylic acids is 2. The zero-order valence-electron chi connectivity index (χ0n) is 31.5. The van der Waals surface area contributed by atoms with E-state index in [9.17, 15) is 14.4 Å². The molecule has 9 nitrogen and oxygen atoms in total.